The number of hydrogen-bond acceptors (Lipinski definition) is 4. The number of sulfonamides is 1. The molecule has 2 fully saturated rings. The Labute approximate surface area is 123 Å². The van der Waals surface area contributed by atoms with Crippen LogP contribution in [0, 0.1) is 6.92 Å². The normalized spacial score (nSPS) is 27.7. The molecule has 1 aromatic heterocycles. The minimum atomic E-state index is -3.54. The van der Waals surface area contributed by atoms with Crippen molar-refractivity contribution in [2.75, 3.05) is 13.2 Å². The summed E-state index contributed by atoms with van der Waals surface area (Å²) in [7, 11) is -3.54. The summed E-state index contributed by atoms with van der Waals surface area (Å²) in [6, 6.07) is 1.50. The number of fused-ring (bicyclic) bond motifs is 1. The number of morpholine rings is 1. The lowest BCUT2D eigenvalue weighted by atomic mass is 10.2. The van der Waals surface area contributed by atoms with Gasteiger partial charge in [0.25, 0.3) is 0 Å². The molecule has 20 heavy (non-hydrogen) atoms. The zero-order valence-electron chi connectivity index (χ0n) is 11.3. The van der Waals surface area contributed by atoms with Crippen molar-refractivity contribution in [1.82, 2.24) is 4.31 Å². The molecule has 0 radical (unpaired) electrons. The summed E-state index contributed by atoms with van der Waals surface area (Å²) in [5.41, 5.74) is 0. The summed E-state index contributed by atoms with van der Waals surface area (Å²) in [6.07, 6.45) is 2.86. The Morgan fingerprint density at radius 3 is 2.95 bits per heavy atom. The van der Waals surface area contributed by atoms with Crippen molar-refractivity contribution in [3.63, 3.8) is 0 Å². The van der Waals surface area contributed by atoms with E-state index in [2.05, 4.69) is 0 Å². The maximum atomic E-state index is 12.8. The Balaban J connectivity index is 1.96. The molecule has 1 aliphatic carbocycles. The van der Waals surface area contributed by atoms with Gasteiger partial charge in [0, 0.05) is 12.6 Å². The summed E-state index contributed by atoms with van der Waals surface area (Å²) in [4.78, 5) is 0.237. The van der Waals surface area contributed by atoms with Gasteiger partial charge in [-0.25, -0.2) is 8.42 Å². The van der Waals surface area contributed by atoms with E-state index in [4.69, 9.17) is 20.8 Å². The molecule has 7 heteroatoms. The van der Waals surface area contributed by atoms with E-state index < -0.39 is 10.0 Å². The number of aryl methyl sites for hydroxylation is 1. The summed E-state index contributed by atoms with van der Waals surface area (Å²) in [6.45, 7) is 2.53. The first-order chi connectivity index (χ1) is 9.54. The van der Waals surface area contributed by atoms with Gasteiger partial charge in [-0.3, -0.25) is 0 Å². The van der Waals surface area contributed by atoms with Crippen LogP contribution in [0.3, 0.4) is 0 Å². The molecule has 3 rings (SSSR count). The van der Waals surface area contributed by atoms with E-state index in [1.54, 1.807) is 11.2 Å². The van der Waals surface area contributed by atoms with E-state index in [0.717, 1.165) is 19.3 Å². The number of ether oxygens (including phenoxy) is 1. The van der Waals surface area contributed by atoms with Crippen molar-refractivity contribution in [2.24, 2.45) is 0 Å². The van der Waals surface area contributed by atoms with Crippen LogP contribution < -0.4 is 0 Å². The number of hydrogen-bond donors (Lipinski definition) is 0. The first kappa shape index (κ1) is 14.4. The molecule has 2 aliphatic rings. The van der Waals surface area contributed by atoms with Crippen LogP contribution in [0.2, 0.25) is 0 Å². The van der Waals surface area contributed by atoms with Crippen LogP contribution in [-0.4, -0.2) is 38.0 Å². The standard InChI is InChI=1S/C13H18ClNO4S/c1-9-13(7-10(8-14)19-9)20(16,17)15-5-6-18-12-4-2-3-11(12)15/h7,11-12H,2-6,8H2,1H3. The maximum Gasteiger partial charge on any atom is 0.246 e. The van der Waals surface area contributed by atoms with Crippen molar-refractivity contribution < 1.29 is 17.6 Å². The highest BCUT2D eigenvalue weighted by Gasteiger charge is 2.43. The smallest absolute Gasteiger partial charge is 0.246 e. The molecule has 1 aliphatic heterocycles. The summed E-state index contributed by atoms with van der Waals surface area (Å²) >= 11 is 5.72. The lowest BCUT2D eigenvalue weighted by molar-refractivity contribution is -0.0242. The second-order valence-electron chi connectivity index (χ2n) is 5.29. The third kappa shape index (κ3) is 2.28. The van der Waals surface area contributed by atoms with Gasteiger partial charge in [0.15, 0.2) is 0 Å². The summed E-state index contributed by atoms with van der Waals surface area (Å²) in [5, 5.41) is 0. The lowest BCUT2D eigenvalue weighted by Crippen LogP contribution is -2.51. The molecule has 0 N–H and O–H groups in total. The van der Waals surface area contributed by atoms with Gasteiger partial charge >= 0.3 is 0 Å². The Kier molecular flexibility index (Phi) is 3.83. The number of halogens is 1. The molecule has 1 saturated carbocycles. The Bertz CT molecular complexity index is 598. The predicted molar refractivity (Wildman–Crippen MR) is 74.3 cm³/mol. The molecular formula is C13H18ClNO4S. The van der Waals surface area contributed by atoms with Crippen LogP contribution in [0.1, 0.15) is 30.8 Å². The van der Waals surface area contributed by atoms with E-state index in [-0.39, 0.29) is 22.9 Å². The largest absolute Gasteiger partial charge is 0.464 e. The number of furan rings is 1. The second kappa shape index (κ2) is 5.33. The quantitative estimate of drug-likeness (QED) is 0.802. The number of nitrogens with zero attached hydrogens (tertiary/aromatic N) is 1. The first-order valence-electron chi connectivity index (χ1n) is 6.83. The first-order valence-corrected chi connectivity index (χ1v) is 8.80. The SMILES string of the molecule is Cc1oc(CCl)cc1S(=O)(=O)N1CCOC2CCCC21. The van der Waals surface area contributed by atoms with Gasteiger partial charge in [-0.15, -0.1) is 11.6 Å². The van der Waals surface area contributed by atoms with Gasteiger partial charge in [-0.1, -0.05) is 0 Å². The Morgan fingerprint density at radius 1 is 1.45 bits per heavy atom. The van der Waals surface area contributed by atoms with Crippen LogP contribution in [0.15, 0.2) is 15.4 Å². The van der Waals surface area contributed by atoms with Crippen molar-refractivity contribution in [3.8, 4) is 0 Å². The number of alkyl halides is 1. The van der Waals surface area contributed by atoms with Gasteiger partial charge in [0.1, 0.15) is 16.4 Å². The van der Waals surface area contributed by atoms with Crippen molar-refractivity contribution in [2.45, 2.75) is 49.1 Å². The molecule has 0 bridgehead atoms. The highest BCUT2D eigenvalue weighted by atomic mass is 35.5. The van der Waals surface area contributed by atoms with E-state index in [0.29, 0.717) is 24.7 Å². The van der Waals surface area contributed by atoms with E-state index in [1.165, 1.54) is 6.07 Å². The van der Waals surface area contributed by atoms with Crippen molar-refractivity contribution in [1.29, 1.82) is 0 Å². The third-order valence-electron chi connectivity index (χ3n) is 4.07. The molecule has 2 unspecified atom stereocenters. The van der Waals surface area contributed by atoms with Gasteiger partial charge in [-0.05, 0) is 26.2 Å². The fraction of sp³-hybridized carbons (Fsp3) is 0.692. The molecule has 2 heterocycles. The average Bonchev–Trinajstić information content (AvgIpc) is 3.03. The molecule has 5 nitrogen and oxygen atoms in total. The maximum absolute atomic E-state index is 12.8. The number of rotatable bonds is 3. The average molecular weight is 320 g/mol. The molecule has 1 saturated heterocycles. The lowest BCUT2D eigenvalue weighted by Gasteiger charge is -2.36. The highest BCUT2D eigenvalue weighted by Crippen LogP contribution is 2.34. The fourth-order valence-electron chi connectivity index (χ4n) is 3.16. The Hall–Kier alpha value is -0.560. The highest BCUT2D eigenvalue weighted by molar-refractivity contribution is 7.89. The molecule has 0 spiro atoms. The fourth-order valence-corrected chi connectivity index (χ4v) is 5.14. The topological polar surface area (TPSA) is 59.8 Å². The van der Waals surface area contributed by atoms with E-state index >= 15 is 0 Å². The van der Waals surface area contributed by atoms with E-state index in [1.807, 2.05) is 0 Å². The minimum absolute atomic E-state index is 0.0394. The molecule has 0 amide bonds. The molecular weight excluding hydrogens is 302 g/mol. The van der Waals surface area contributed by atoms with Crippen LogP contribution in [0.25, 0.3) is 0 Å². The van der Waals surface area contributed by atoms with Crippen molar-refractivity contribution in [3.05, 3.63) is 17.6 Å². The van der Waals surface area contributed by atoms with Crippen LogP contribution in [0.5, 0.6) is 0 Å². The zero-order valence-corrected chi connectivity index (χ0v) is 12.9. The van der Waals surface area contributed by atoms with Crippen LogP contribution in [-0.2, 0) is 20.6 Å². The van der Waals surface area contributed by atoms with Gasteiger partial charge in [0.2, 0.25) is 10.0 Å². The summed E-state index contributed by atoms with van der Waals surface area (Å²) in [5.74, 6) is 1.06. The molecule has 2 atom stereocenters. The monoisotopic (exact) mass is 319 g/mol. The zero-order chi connectivity index (χ0) is 14.3. The third-order valence-corrected chi connectivity index (χ3v) is 6.37. The van der Waals surface area contributed by atoms with E-state index in [9.17, 15) is 8.42 Å². The van der Waals surface area contributed by atoms with Gasteiger partial charge in [-0.2, -0.15) is 4.31 Å². The predicted octanol–water partition coefficient (Wildman–Crippen LogP) is 2.27. The Morgan fingerprint density at radius 2 is 2.25 bits per heavy atom. The van der Waals surface area contributed by atoms with Crippen molar-refractivity contribution >= 4 is 21.6 Å². The minimum Gasteiger partial charge on any atom is -0.464 e. The van der Waals surface area contributed by atoms with Gasteiger partial charge in [0.05, 0.1) is 24.6 Å². The summed E-state index contributed by atoms with van der Waals surface area (Å²) < 4.78 is 38.3. The van der Waals surface area contributed by atoms with Crippen LogP contribution >= 0.6 is 11.6 Å². The second-order valence-corrected chi connectivity index (χ2v) is 7.42. The molecule has 1 aromatic rings. The molecule has 112 valence electrons. The van der Waals surface area contributed by atoms with Crippen LogP contribution in [0.4, 0.5) is 0 Å². The molecule has 0 aromatic carbocycles. The van der Waals surface area contributed by atoms with Gasteiger partial charge < -0.3 is 9.15 Å².